The molecule has 178 valence electrons. The normalized spacial score (nSPS) is 10.6. The van der Waals surface area contributed by atoms with Crippen LogP contribution in [0.3, 0.4) is 0 Å². The maximum absolute atomic E-state index is 12.6. The number of methoxy groups -OCH3 is 4. The molecule has 0 unspecified atom stereocenters. The molecule has 0 heterocycles. The fourth-order valence-electron chi connectivity index (χ4n) is 3.39. The Labute approximate surface area is 199 Å². The first-order valence-electron chi connectivity index (χ1n) is 10.6. The highest BCUT2D eigenvalue weighted by molar-refractivity contribution is 5.89. The van der Waals surface area contributed by atoms with Crippen LogP contribution in [0.4, 0.5) is 10.5 Å². The van der Waals surface area contributed by atoms with Gasteiger partial charge in [-0.15, -0.1) is 0 Å². The highest BCUT2D eigenvalue weighted by Crippen LogP contribution is 2.38. The fourth-order valence-corrected chi connectivity index (χ4v) is 3.39. The molecule has 0 atom stereocenters. The van der Waals surface area contributed by atoms with Crippen LogP contribution in [0, 0.1) is 13.8 Å². The minimum Gasteiger partial charge on any atom is -0.495 e. The van der Waals surface area contributed by atoms with Crippen molar-refractivity contribution in [1.82, 2.24) is 0 Å². The van der Waals surface area contributed by atoms with E-state index in [1.165, 1.54) is 0 Å². The summed E-state index contributed by atoms with van der Waals surface area (Å²) in [5, 5.41) is 2.77. The van der Waals surface area contributed by atoms with Crippen LogP contribution in [-0.2, 0) is 0 Å². The van der Waals surface area contributed by atoms with Crippen LogP contribution in [0.15, 0.2) is 48.5 Å². The fraction of sp³-hybridized carbons (Fsp3) is 0.222. The van der Waals surface area contributed by atoms with Crippen LogP contribution in [0.5, 0.6) is 28.7 Å². The molecular formula is C27H29NO6. The number of benzene rings is 3. The van der Waals surface area contributed by atoms with Gasteiger partial charge in [-0.1, -0.05) is 30.4 Å². The van der Waals surface area contributed by atoms with E-state index in [1.54, 1.807) is 46.6 Å². The van der Waals surface area contributed by atoms with E-state index in [9.17, 15) is 4.79 Å². The molecule has 1 N–H and O–H groups in total. The van der Waals surface area contributed by atoms with E-state index in [2.05, 4.69) is 5.32 Å². The predicted octanol–water partition coefficient (Wildman–Crippen LogP) is 6.12. The van der Waals surface area contributed by atoms with Gasteiger partial charge in [-0.2, -0.15) is 0 Å². The summed E-state index contributed by atoms with van der Waals surface area (Å²) in [6.45, 7) is 3.88. The molecule has 3 aromatic rings. The topological polar surface area (TPSA) is 75.3 Å². The number of ether oxygens (including phenoxy) is 5. The van der Waals surface area contributed by atoms with Crippen molar-refractivity contribution >= 4 is 23.9 Å². The molecule has 3 rings (SSSR count). The van der Waals surface area contributed by atoms with E-state index < -0.39 is 6.09 Å². The number of carbonyl (C=O) groups excluding carboxylic acids is 1. The average molecular weight is 464 g/mol. The van der Waals surface area contributed by atoms with E-state index in [0.29, 0.717) is 34.4 Å². The first-order chi connectivity index (χ1) is 16.4. The van der Waals surface area contributed by atoms with Gasteiger partial charge < -0.3 is 23.7 Å². The molecule has 0 saturated carbocycles. The van der Waals surface area contributed by atoms with Gasteiger partial charge in [0.05, 0.1) is 34.1 Å². The Kier molecular flexibility index (Phi) is 8.03. The van der Waals surface area contributed by atoms with Gasteiger partial charge in [0.25, 0.3) is 0 Å². The third-order valence-electron chi connectivity index (χ3n) is 5.37. The third-order valence-corrected chi connectivity index (χ3v) is 5.37. The van der Waals surface area contributed by atoms with Gasteiger partial charge in [0.1, 0.15) is 11.5 Å². The van der Waals surface area contributed by atoms with E-state index in [0.717, 1.165) is 22.3 Å². The zero-order chi connectivity index (χ0) is 24.7. The molecule has 0 aliphatic rings. The highest BCUT2D eigenvalue weighted by Gasteiger charge is 2.13. The average Bonchev–Trinajstić information content (AvgIpc) is 2.84. The van der Waals surface area contributed by atoms with E-state index in [-0.39, 0.29) is 0 Å². The maximum atomic E-state index is 12.6. The lowest BCUT2D eigenvalue weighted by atomic mass is 10.1. The lowest BCUT2D eigenvalue weighted by Gasteiger charge is -2.13. The van der Waals surface area contributed by atoms with Crippen molar-refractivity contribution in [3.05, 3.63) is 70.8 Å². The molecule has 1 amide bonds. The minimum atomic E-state index is -0.599. The van der Waals surface area contributed by atoms with E-state index in [1.807, 2.05) is 56.3 Å². The van der Waals surface area contributed by atoms with Crippen molar-refractivity contribution < 1.29 is 28.5 Å². The Morgan fingerprint density at radius 3 is 2.00 bits per heavy atom. The molecular weight excluding hydrogens is 434 g/mol. The number of aryl methyl sites for hydroxylation is 1. The second-order valence-electron chi connectivity index (χ2n) is 7.46. The molecule has 3 aromatic carbocycles. The molecule has 34 heavy (non-hydrogen) atoms. The molecule has 0 fully saturated rings. The maximum Gasteiger partial charge on any atom is 0.417 e. The standard InChI is InChI=1S/C27H29NO6/c1-17-8-7-9-22(18(17)2)34-27(29)28-21-14-19(12-13-23(21)30-3)10-11-20-15-24(31-4)26(33-6)25(16-20)32-5/h7-16H,1-6H3,(H,28,29)/b11-10-. The second kappa shape index (κ2) is 11.1. The molecule has 0 aliphatic carbocycles. The summed E-state index contributed by atoms with van der Waals surface area (Å²) in [4.78, 5) is 12.6. The Balaban J connectivity index is 1.83. The van der Waals surface area contributed by atoms with Gasteiger partial charge >= 0.3 is 6.09 Å². The van der Waals surface area contributed by atoms with Gasteiger partial charge in [0, 0.05) is 0 Å². The van der Waals surface area contributed by atoms with Crippen molar-refractivity contribution in [1.29, 1.82) is 0 Å². The number of amides is 1. The molecule has 0 radical (unpaired) electrons. The number of nitrogens with one attached hydrogen (secondary N) is 1. The van der Waals surface area contributed by atoms with E-state index >= 15 is 0 Å². The van der Waals surface area contributed by atoms with Gasteiger partial charge in [0.15, 0.2) is 11.5 Å². The Hall–Kier alpha value is -4.13. The molecule has 0 aromatic heterocycles. The van der Waals surface area contributed by atoms with Gasteiger partial charge in [-0.05, 0) is 66.4 Å². The summed E-state index contributed by atoms with van der Waals surface area (Å²) >= 11 is 0. The lowest BCUT2D eigenvalue weighted by molar-refractivity contribution is 0.214. The zero-order valence-electron chi connectivity index (χ0n) is 20.2. The summed E-state index contributed by atoms with van der Waals surface area (Å²) < 4.78 is 27.1. The van der Waals surface area contributed by atoms with Crippen molar-refractivity contribution in [3.8, 4) is 28.7 Å². The van der Waals surface area contributed by atoms with Crippen LogP contribution in [-0.4, -0.2) is 34.5 Å². The summed E-state index contributed by atoms with van der Waals surface area (Å²) in [5.74, 6) is 2.68. The van der Waals surface area contributed by atoms with Crippen LogP contribution < -0.4 is 29.0 Å². The smallest absolute Gasteiger partial charge is 0.417 e. The molecule has 7 nitrogen and oxygen atoms in total. The van der Waals surface area contributed by atoms with Crippen LogP contribution in [0.1, 0.15) is 22.3 Å². The Bertz CT molecular complexity index is 1180. The largest absolute Gasteiger partial charge is 0.495 e. The van der Waals surface area contributed by atoms with Crippen molar-refractivity contribution in [2.24, 2.45) is 0 Å². The number of hydrogen-bond acceptors (Lipinski definition) is 6. The molecule has 0 bridgehead atoms. The zero-order valence-corrected chi connectivity index (χ0v) is 20.2. The second-order valence-corrected chi connectivity index (χ2v) is 7.46. The quantitative estimate of drug-likeness (QED) is 0.406. The first-order valence-corrected chi connectivity index (χ1v) is 10.6. The highest BCUT2D eigenvalue weighted by atomic mass is 16.6. The first kappa shape index (κ1) is 24.5. The van der Waals surface area contributed by atoms with Gasteiger partial charge in [0.2, 0.25) is 5.75 Å². The third kappa shape index (κ3) is 5.61. The summed E-state index contributed by atoms with van der Waals surface area (Å²) in [6, 6.07) is 14.7. The van der Waals surface area contributed by atoms with Crippen molar-refractivity contribution in [2.75, 3.05) is 33.8 Å². The van der Waals surface area contributed by atoms with Crippen molar-refractivity contribution in [3.63, 3.8) is 0 Å². The lowest BCUT2D eigenvalue weighted by Crippen LogP contribution is -2.18. The monoisotopic (exact) mass is 463 g/mol. The number of anilines is 1. The SMILES string of the molecule is COc1ccc(/C=C\c2cc(OC)c(OC)c(OC)c2)cc1NC(=O)Oc1cccc(C)c1C. The molecule has 0 saturated heterocycles. The number of carbonyl (C=O) groups is 1. The summed E-state index contributed by atoms with van der Waals surface area (Å²) in [7, 11) is 6.25. The Morgan fingerprint density at radius 2 is 1.38 bits per heavy atom. The van der Waals surface area contributed by atoms with Crippen LogP contribution in [0.2, 0.25) is 0 Å². The molecule has 7 heteroatoms. The predicted molar refractivity (Wildman–Crippen MR) is 134 cm³/mol. The minimum absolute atomic E-state index is 0.491. The number of hydrogen-bond donors (Lipinski definition) is 1. The summed E-state index contributed by atoms with van der Waals surface area (Å²) in [5.41, 5.74) is 4.14. The summed E-state index contributed by atoms with van der Waals surface area (Å²) in [6.07, 6.45) is 3.21. The Morgan fingerprint density at radius 1 is 0.735 bits per heavy atom. The van der Waals surface area contributed by atoms with Gasteiger partial charge in [-0.3, -0.25) is 5.32 Å². The number of rotatable bonds is 8. The van der Waals surface area contributed by atoms with E-state index in [4.69, 9.17) is 23.7 Å². The van der Waals surface area contributed by atoms with Crippen LogP contribution >= 0.6 is 0 Å². The van der Waals surface area contributed by atoms with Gasteiger partial charge in [-0.25, -0.2) is 4.79 Å². The van der Waals surface area contributed by atoms with Crippen LogP contribution in [0.25, 0.3) is 12.2 Å². The van der Waals surface area contributed by atoms with Crippen molar-refractivity contribution in [2.45, 2.75) is 13.8 Å². The molecule has 0 spiro atoms. The molecule has 0 aliphatic heterocycles.